The zero-order valence-corrected chi connectivity index (χ0v) is 17.0. The van der Waals surface area contributed by atoms with Gasteiger partial charge in [0, 0.05) is 5.75 Å². The lowest BCUT2D eigenvalue weighted by atomic mass is 10.1. The average Bonchev–Trinajstić information content (AvgIpc) is 3.13. The predicted molar refractivity (Wildman–Crippen MR) is 105 cm³/mol. The maximum absolute atomic E-state index is 12.9. The minimum atomic E-state index is -1.07. The molecule has 1 heterocycles. The molecular formula is C19H26N2O6S. The number of carbonyl (C=O) groups excluding carboxylic acids is 2. The molecule has 0 radical (unpaired) electrons. The van der Waals surface area contributed by atoms with Gasteiger partial charge in [0.05, 0.1) is 18.1 Å². The largest absolute Gasteiger partial charge is 0.480 e. The lowest BCUT2D eigenvalue weighted by Crippen LogP contribution is -2.54. The van der Waals surface area contributed by atoms with Crippen LogP contribution in [0.3, 0.4) is 0 Å². The first-order valence-corrected chi connectivity index (χ1v) is 10.0. The molecule has 0 unspecified atom stereocenters. The Morgan fingerprint density at radius 2 is 1.96 bits per heavy atom. The Hall–Kier alpha value is -2.26. The summed E-state index contributed by atoms with van der Waals surface area (Å²) in [6.07, 6.45) is -0.765. The number of hydrogen-bond acceptors (Lipinski definition) is 6. The van der Waals surface area contributed by atoms with Gasteiger partial charge in [-0.05, 0) is 26.3 Å². The van der Waals surface area contributed by atoms with Crippen molar-refractivity contribution < 1.29 is 29.0 Å². The molecule has 0 spiro atoms. The predicted octanol–water partition coefficient (Wildman–Crippen LogP) is 2.08. The molecule has 2 N–H and O–H groups in total. The van der Waals surface area contributed by atoms with Crippen molar-refractivity contribution in [2.24, 2.45) is 0 Å². The highest BCUT2D eigenvalue weighted by Gasteiger charge is 2.38. The molecule has 0 aromatic heterocycles. The van der Waals surface area contributed by atoms with E-state index in [1.807, 2.05) is 51.1 Å². The summed E-state index contributed by atoms with van der Waals surface area (Å²) in [5, 5.41) is 11.8. The molecule has 1 aliphatic heterocycles. The first kappa shape index (κ1) is 22.0. The van der Waals surface area contributed by atoms with E-state index in [9.17, 15) is 19.5 Å². The van der Waals surface area contributed by atoms with E-state index in [0.717, 1.165) is 5.56 Å². The van der Waals surface area contributed by atoms with Crippen LogP contribution in [0, 0.1) is 0 Å². The van der Waals surface area contributed by atoms with Gasteiger partial charge in [0.15, 0.2) is 0 Å². The molecule has 8 nitrogen and oxygen atoms in total. The summed E-state index contributed by atoms with van der Waals surface area (Å²) in [5.41, 5.74) is 0.286. The standard InChI is InChI=1S/C19H26N2O6S/c1-19(2,3)27-10-14(16(22)21-12-28-11-15(21)17(23)24)20-18(25)26-9-13-7-5-4-6-8-13/h4-8,14-15H,9-12H2,1-3H3,(H,20,25)(H,23,24)/t14-,15-/m0/s1. The van der Waals surface area contributed by atoms with E-state index >= 15 is 0 Å². The second-order valence-corrected chi connectivity index (χ2v) is 8.34. The highest BCUT2D eigenvalue weighted by Crippen LogP contribution is 2.22. The molecule has 1 saturated heterocycles. The van der Waals surface area contributed by atoms with Crippen LogP contribution >= 0.6 is 11.8 Å². The summed E-state index contributed by atoms with van der Waals surface area (Å²) in [6.45, 7) is 5.46. The van der Waals surface area contributed by atoms with Gasteiger partial charge in [-0.15, -0.1) is 11.8 Å². The third-order valence-corrected chi connectivity index (χ3v) is 4.95. The minimum absolute atomic E-state index is 0.0605. The van der Waals surface area contributed by atoms with Crippen LogP contribution in [0.25, 0.3) is 0 Å². The van der Waals surface area contributed by atoms with Crippen LogP contribution in [0.1, 0.15) is 26.3 Å². The van der Waals surface area contributed by atoms with Gasteiger partial charge >= 0.3 is 12.1 Å². The molecule has 2 atom stereocenters. The number of rotatable bonds is 7. The maximum Gasteiger partial charge on any atom is 0.408 e. The first-order chi connectivity index (χ1) is 13.2. The van der Waals surface area contributed by atoms with E-state index in [-0.39, 0.29) is 19.1 Å². The number of ether oxygens (including phenoxy) is 2. The SMILES string of the molecule is CC(C)(C)OC[C@H](NC(=O)OCc1ccccc1)C(=O)N1CSC[C@H]1C(=O)O. The molecule has 0 aliphatic carbocycles. The zero-order chi connectivity index (χ0) is 20.7. The molecule has 2 rings (SSSR count). The number of nitrogens with zero attached hydrogens (tertiary/aromatic N) is 1. The Labute approximate surface area is 168 Å². The van der Waals surface area contributed by atoms with Gasteiger partial charge in [-0.2, -0.15) is 0 Å². The summed E-state index contributed by atoms with van der Waals surface area (Å²) >= 11 is 1.35. The Morgan fingerprint density at radius 1 is 1.29 bits per heavy atom. The van der Waals surface area contributed by atoms with Crippen molar-refractivity contribution >= 4 is 29.7 Å². The molecule has 154 valence electrons. The van der Waals surface area contributed by atoms with Gasteiger partial charge in [-0.25, -0.2) is 9.59 Å². The van der Waals surface area contributed by atoms with Crippen molar-refractivity contribution in [3.8, 4) is 0 Å². The molecule has 1 aromatic carbocycles. The topological polar surface area (TPSA) is 105 Å². The number of carboxylic acids is 1. The Balaban J connectivity index is 2.02. The lowest BCUT2D eigenvalue weighted by molar-refractivity contribution is -0.149. The molecular weight excluding hydrogens is 384 g/mol. The van der Waals surface area contributed by atoms with Crippen LogP contribution in [-0.4, -0.2) is 63.9 Å². The molecule has 9 heteroatoms. The smallest absolute Gasteiger partial charge is 0.408 e. The number of alkyl carbamates (subject to hydrolysis) is 1. The molecule has 2 amide bonds. The summed E-state index contributed by atoms with van der Waals surface area (Å²) in [5.74, 6) is -1.01. The second kappa shape index (κ2) is 9.79. The Morgan fingerprint density at radius 3 is 2.57 bits per heavy atom. The molecule has 28 heavy (non-hydrogen) atoms. The molecule has 1 fully saturated rings. The van der Waals surface area contributed by atoms with Crippen molar-refractivity contribution in [3.05, 3.63) is 35.9 Å². The third-order valence-electron chi connectivity index (χ3n) is 3.94. The zero-order valence-electron chi connectivity index (χ0n) is 16.2. The monoisotopic (exact) mass is 410 g/mol. The third kappa shape index (κ3) is 6.72. The van der Waals surface area contributed by atoms with Crippen LogP contribution in [0.4, 0.5) is 4.79 Å². The van der Waals surface area contributed by atoms with E-state index in [1.54, 1.807) is 0 Å². The first-order valence-electron chi connectivity index (χ1n) is 8.89. The van der Waals surface area contributed by atoms with Gasteiger partial charge in [0.2, 0.25) is 5.91 Å². The van der Waals surface area contributed by atoms with E-state index in [4.69, 9.17) is 9.47 Å². The average molecular weight is 410 g/mol. The van der Waals surface area contributed by atoms with Crippen molar-refractivity contribution in [2.75, 3.05) is 18.2 Å². The van der Waals surface area contributed by atoms with E-state index in [1.165, 1.54) is 16.7 Å². The van der Waals surface area contributed by atoms with Gasteiger partial charge in [-0.3, -0.25) is 4.79 Å². The quantitative estimate of drug-likeness (QED) is 0.709. The molecule has 0 saturated carbocycles. The van der Waals surface area contributed by atoms with Crippen LogP contribution in [0.2, 0.25) is 0 Å². The molecule has 0 bridgehead atoms. The molecule has 1 aromatic rings. The number of carboxylic acid groups (broad SMARTS) is 1. The summed E-state index contributed by atoms with van der Waals surface area (Å²) in [7, 11) is 0. The van der Waals surface area contributed by atoms with Gasteiger partial charge in [0.25, 0.3) is 0 Å². The van der Waals surface area contributed by atoms with Crippen LogP contribution in [0.5, 0.6) is 0 Å². The lowest BCUT2D eigenvalue weighted by Gasteiger charge is -2.28. The van der Waals surface area contributed by atoms with Crippen LogP contribution in [-0.2, 0) is 25.7 Å². The second-order valence-electron chi connectivity index (χ2n) is 7.34. The number of benzene rings is 1. The van der Waals surface area contributed by atoms with E-state index in [0.29, 0.717) is 5.75 Å². The number of amides is 2. The number of aliphatic carboxylic acids is 1. The van der Waals surface area contributed by atoms with Gasteiger partial charge < -0.3 is 24.8 Å². The summed E-state index contributed by atoms with van der Waals surface area (Å²) in [4.78, 5) is 37.7. The van der Waals surface area contributed by atoms with E-state index < -0.39 is 35.7 Å². The number of hydrogen-bond donors (Lipinski definition) is 2. The highest BCUT2D eigenvalue weighted by atomic mass is 32.2. The fraction of sp³-hybridized carbons (Fsp3) is 0.526. The fourth-order valence-corrected chi connectivity index (χ4v) is 3.63. The number of thioether (sulfide) groups is 1. The summed E-state index contributed by atoms with van der Waals surface area (Å²) in [6, 6.07) is 7.19. The highest BCUT2D eigenvalue weighted by molar-refractivity contribution is 7.99. The Kier molecular flexibility index (Phi) is 7.70. The van der Waals surface area contributed by atoms with Crippen molar-refractivity contribution in [3.63, 3.8) is 0 Å². The van der Waals surface area contributed by atoms with Crippen molar-refractivity contribution in [2.45, 2.75) is 45.1 Å². The Bertz CT molecular complexity index is 691. The summed E-state index contributed by atoms with van der Waals surface area (Å²) < 4.78 is 10.8. The van der Waals surface area contributed by atoms with Crippen molar-refractivity contribution in [1.29, 1.82) is 0 Å². The van der Waals surface area contributed by atoms with Crippen LogP contribution in [0.15, 0.2) is 30.3 Å². The van der Waals surface area contributed by atoms with E-state index in [2.05, 4.69) is 5.32 Å². The van der Waals surface area contributed by atoms with Gasteiger partial charge in [-0.1, -0.05) is 30.3 Å². The van der Waals surface area contributed by atoms with Crippen molar-refractivity contribution in [1.82, 2.24) is 10.2 Å². The normalized spacial score (nSPS) is 17.8. The van der Waals surface area contributed by atoms with Gasteiger partial charge in [0.1, 0.15) is 18.7 Å². The number of nitrogens with one attached hydrogen (secondary N) is 1. The number of carbonyl (C=O) groups is 3. The fourth-order valence-electron chi connectivity index (χ4n) is 2.48. The minimum Gasteiger partial charge on any atom is -0.480 e. The van der Waals surface area contributed by atoms with Crippen LogP contribution < -0.4 is 5.32 Å². The molecule has 1 aliphatic rings. The maximum atomic E-state index is 12.9.